The molecule has 0 rings (SSSR count). The number of allylic oxidation sites excluding steroid dienone is 1. The highest BCUT2D eigenvalue weighted by atomic mass is 32.2. The summed E-state index contributed by atoms with van der Waals surface area (Å²) in [7, 11) is 1.86. The Hall–Kier alpha value is -0.640. The fourth-order valence-corrected chi connectivity index (χ4v) is 2.08. The molecule has 0 bridgehead atoms. The minimum absolute atomic E-state index is 0.150. The van der Waals surface area contributed by atoms with Gasteiger partial charge in [-0.15, -0.1) is 0 Å². The van der Waals surface area contributed by atoms with E-state index in [0.717, 1.165) is 37.9 Å². The number of nitrogens with zero attached hydrogens (tertiary/aromatic N) is 1. The van der Waals surface area contributed by atoms with Crippen molar-refractivity contribution in [3.8, 4) is 0 Å². The van der Waals surface area contributed by atoms with Gasteiger partial charge in [-0.3, -0.25) is 4.79 Å². The van der Waals surface area contributed by atoms with Crippen LogP contribution in [0.15, 0.2) is 12.3 Å². The second-order valence-electron chi connectivity index (χ2n) is 5.48. The van der Waals surface area contributed by atoms with Gasteiger partial charge in [-0.25, -0.2) is 0 Å². The monoisotopic (exact) mass is 286 g/mol. The van der Waals surface area contributed by atoms with E-state index in [4.69, 9.17) is 0 Å². The third-order valence-electron chi connectivity index (χ3n) is 3.39. The van der Waals surface area contributed by atoms with Gasteiger partial charge >= 0.3 is 0 Å². The molecule has 0 radical (unpaired) electrons. The number of carbonyl (C=O) groups excluding carboxylic acids is 1. The highest BCUT2D eigenvalue weighted by Gasteiger charge is 2.07. The number of unbranched alkanes of at least 4 members (excludes halogenated alkanes) is 2. The van der Waals surface area contributed by atoms with Crippen LogP contribution in [0.5, 0.6) is 0 Å². The minimum Gasteiger partial charge on any atom is -0.386 e. The maximum Gasteiger partial charge on any atom is 0.281 e. The number of carbonyl (C=O) groups is 1. The second kappa shape index (κ2) is 10.2. The molecule has 112 valence electrons. The first-order valence-corrected chi connectivity index (χ1v) is 8.34. The van der Waals surface area contributed by atoms with E-state index in [1.54, 1.807) is 4.90 Å². The molecular formula is C15H30N2OS. The molecule has 3 nitrogen and oxygen atoms in total. The van der Waals surface area contributed by atoms with E-state index < -0.39 is 0 Å². The molecular weight excluding hydrogens is 256 g/mol. The molecule has 1 unspecified atom stereocenters. The van der Waals surface area contributed by atoms with E-state index in [1.807, 2.05) is 13.3 Å². The molecule has 4 heteroatoms. The van der Waals surface area contributed by atoms with Crippen molar-refractivity contribution < 1.29 is 4.79 Å². The molecule has 0 saturated heterocycles. The lowest BCUT2D eigenvalue weighted by atomic mass is 10.1. The van der Waals surface area contributed by atoms with Crippen molar-refractivity contribution >= 4 is 17.0 Å². The van der Waals surface area contributed by atoms with E-state index in [2.05, 4.69) is 32.7 Å². The predicted molar refractivity (Wildman–Crippen MR) is 86.6 cm³/mol. The van der Waals surface area contributed by atoms with Crippen LogP contribution in [0, 0.1) is 5.92 Å². The largest absolute Gasteiger partial charge is 0.386 e. The first kappa shape index (κ1) is 18.4. The summed E-state index contributed by atoms with van der Waals surface area (Å²) in [5.74, 6) is 0.628. The van der Waals surface area contributed by atoms with Gasteiger partial charge in [0.05, 0.1) is 0 Å². The van der Waals surface area contributed by atoms with E-state index in [0.29, 0.717) is 12.0 Å². The Morgan fingerprint density at radius 3 is 2.42 bits per heavy atom. The van der Waals surface area contributed by atoms with Gasteiger partial charge in [-0.2, -0.15) is 0 Å². The third-order valence-corrected chi connectivity index (χ3v) is 4.05. The van der Waals surface area contributed by atoms with Gasteiger partial charge in [0.1, 0.15) is 0 Å². The number of thioether (sulfide) groups is 1. The van der Waals surface area contributed by atoms with Crippen molar-refractivity contribution in [1.29, 1.82) is 0 Å². The van der Waals surface area contributed by atoms with Gasteiger partial charge < -0.3 is 10.2 Å². The molecule has 1 N–H and O–H groups in total. The molecule has 19 heavy (non-hydrogen) atoms. The van der Waals surface area contributed by atoms with Crippen LogP contribution in [0.1, 0.15) is 46.5 Å². The van der Waals surface area contributed by atoms with Crippen LogP contribution in [-0.4, -0.2) is 36.0 Å². The summed E-state index contributed by atoms with van der Waals surface area (Å²) in [5.41, 5.74) is 1.13. The maximum absolute atomic E-state index is 11.3. The second-order valence-corrected chi connectivity index (χ2v) is 6.24. The zero-order valence-electron chi connectivity index (χ0n) is 13.2. The first-order valence-electron chi connectivity index (χ1n) is 7.11. The zero-order valence-corrected chi connectivity index (χ0v) is 14.0. The minimum atomic E-state index is 0.150. The summed E-state index contributed by atoms with van der Waals surface area (Å²) in [4.78, 5) is 13.1. The van der Waals surface area contributed by atoms with Gasteiger partial charge in [-0.05, 0) is 38.4 Å². The number of hydrogen-bond donors (Lipinski definition) is 1. The van der Waals surface area contributed by atoms with Crippen LogP contribution in [0.2, 0.25) is 0 Å². The highest BCUT2D eigenvalue weighted by molar-refractivity contribution is 8.12. The summed E-state index contributed by atoms with van der Waals surface area (Å²) in [6, 6.07) is 0.484. The van der Waals surface area contributed by atoms with Gasteiger partial charge in [0, 0.05) is 25.3 Å². The fraction of sp³-hybridized carbons (Fsp3) is 0.800. The average Bonchev–Trinajstić information content (AvgIpc) is 2.36. The van der Waals surface area contributed by atoms with Crippen molar-refractivity contribution in [3.63, 3.8) is 0 Å². The Morgan fingerprint density at radius 1 is 1.26 bits per heavy atom. The lowest BCUT2D eigenvalue weighted by molar-refractivity contribution is 0.232. The Kier molecular flexibility index (Phi) is 9.84. The average molecular weight is 286 g/mol. The first-order chi connectivity index (χ1) is 8.88. The van der Waals surface area contributed by atoms with Crippen LogP contribution < -0.4 is 5.32 Å². The highest BCUT2D eigenvalue weighted by Crippen LogP contribution is 2.10. The van der Waals surface area contributed by atoms with Crippen LogP contribution in [-0.2, 0) is 0 Å². The number of hydrogen-bond acceptors (Lipinski definition) is 3. The number of amides is 1. The summed E-state index contributed by atoms with van der Waals surface area (Å²) >= 11 is 1.27. The summed E-state index contributed by atoms with van der Waals surface area (Å²) < 4.78 is 0. The van der Waals surface area contributed by atoms with Crippen LogP contribution >= 0.6 is 11.8 Å². The lowest BCUT2D eigenvalue weighted by Gasteiger charge is -2.20. The van der Waals surface area contributed by atoms with E-state index in [1.165, 1.54) is 11.8 Å². The molecule has 0 aliphatic carbocycles. The SMILES string of the molecule is C=C(CCCCCN(C)C(=O)SC)NC(C)C(C)C. The number of nitrogens with one attached hydrogen (secondary N) is 1. The normalized spacial score (nSPS) is 12.3. The van der Waals surface area contributed by atoms with Crippen LogP contribution in [0.3, 0.4) is 0 Å². The molecule has 0 saturated carbocycles. The quantitative estimate of drug-likeness (QED) is 0.647. The molecule has 0 aromatic heterocycles. The molecule has 0 fully saturated rings. The third kappa shape index (κ3) is 8.98. The van der Waals surface area contributed by atoms with E-state index in [-0.39, 0.29) is 5.24 Å². The molecule has 1 amide bonds. The van der Waals surface area contributed by atoms with Crippen molar-refractivity contribution in [2.45, 2.75) is 52.5 Å². The van der Waals surface area contributed by atoms with Crippen molar-refractivity contribution in [2.24, 2.45) is 5.92 Å². The van der Waals surface area contributed by atoms with Crippen molar-refractivity contribution in [3.05, 3.63) is 12.3 Å². The Balaban J connectivity index is 3.59. The fourth-order valence-electron chi connectivity index (χ4n) is 1.67. The van der Waals surface area contributed by atoms with E-state index >= 15 is 0 Å². The molecule has 0 heterocycles. The standard InChI is InChI=1S/C15H30N2OS/c1-12(2)14(4)16-13(3)10-8-7-9-11-17(5)15(18)19-6/h12,14,16H,3,7-11H2,1-2,4-6H3. The van der Waals surface area contributed by atoms with Gasteiger partial charge in [0.2, 0.25) is 0 Å². The maximum atomic E-state index is 11.3. The molecule has 0 aliphatic rings. The summed E-state index contributed by atoms with van der Waals surface area (Å²) in [6.07, 6.45) is 6.19. The molecule has 0 spiro atoms. The predicted octanol–water partition coefficient (Wildman–Crippen LogP) is 4.11. The summed E-state index contributed by atoms with van der Waals surface area (Å²) in [6.45, 7) is 11.5. The Bertz CT molecular complexity index is 279. The molecule has 1 atom stereocenters. The Morgan fingerprint density at radius 2 is 1.89 bits per heavy atom. The zero-order chi connectivity index (χ0) is 14.8. The van der Waals surface area contributed by atoms with Gasteiger partial charge in [0.15, 0.2) is 0 Å². The van der Waals surface area contributed by atoms with Gasteiger partial charge in [0.25, 0.3) is 5.24 Å². The van der Waals surface area contributed by atoms with Crippen LogP contribution in [0.25, 0.3) is 0 Å². The smallest absolute Gasteiger partial charge is 0.281 e. The van der Waals surface area contributed by atoms with Crippen LogP contribution in [0.4, 0.5) is 4.79 Å². The van der Waals surface area contributed by atoms with Crippen molar-refractivity contribution in [2.75, 3.05) is 19.8 Å². The number of rotatable bonds is 9. The lowest BCUT2D eigenvalue weighted by Crippen LogP contribution is -2.29. The summed E-state index contributed by atoms with van der Waals surface area (Å²) in [5, 5.41) is 3.59. The molecule has 0 aromatic rings. The topological polar surface area (TPSA) is 32.3 Å². The molecule has 0 aliphatic heterocycles. The Labute approximate surface area is 123 Å². The van der Waals surface area contributed by atoms with E-state index in [9.17, 15) is 4.79 Å². The van der Waals surface area contributed by atoms with Crippen molar-refractivity contribution in [1.82, 2.24) is 10.2 Å². The van der Waals surface area contributed by atoms with Gasteiger partial charge in [-0.1, -0.05) is 38.6 Å². The molecule has 0 aromatic carbocycles.